The monoisotopic (exact) mass is 320 g/mol. The first kappa shape index (κ1) is 14.0. The molecule has 1 aromatic carbocycles. The van der Waals surface area contributed by atoms with Crippen molar-refractivity contribution in [1.82, 2.24) is 0 Å². The van der Waals surface area contributed by atoms with Gasteiger partial charge in [0.1, 0.15) is 4.83 Å². The number of benzene rings is 1. The first-order valence-corrected chi connectivity index (χ1v) is 5.91. The van der Waals surface area contributed by atoms with Crippen LogP contribution >= 0.6 is 27.5 Å². The number of alkyl halides is 1. The highest BCUT2D eigenvalue weighted by Crippen LogP contribution is 2.31. The van der Waals surface area contributed by atoms with Crippen LogP contribution in [-0.4, -0.2) is 26.2 Å². The molecule has 0 aliphatic heterocycles. The molecule has 0 fully saturated rings. The highest BCUT2D eigenvalue weighted by molar-refractivity contribution is 9.09. The molecule has 6 heteroatoms. The Labute approximate surface area is 112 Å². The van der Waals surface area contributed by atoms with Gasteiger partial charge in [-0.25, -0.2) is 4.79 Å². The van der Waals surface area contributed by atoms with Crippen LogP contribution in [0.5, 0.6) is 0 Å². The topological polar surface area (TPSA) is 52.6 Å². The van der Waals surface area contributed by atoms with Crippen molar-refractivity contribution < 1.29 is 19.1 Å². The smallest absolute Gasteiger partial charge is 0.339 e. The molecule has 1 aromatic rings. The van der Waals surface area contributed by atoms with E-state index >= 15 is 0 Å². The van der Waals surface area contributed by atoms with Crippen molar-refractivity contribution in [2.24, 2.45) is 0 Å². The number of halogens is 2. The molecule has 0 amide bonds. The van der Waals surface area contributed by atoms with Crippen LogP contribution in [0.15, 0.2) is 18.2 Å². The second-order valence-corrected chi connectivity index (χ2v) is 4.40. The average Bonchev–Trinajstić information content (AvgIpc) is 2.35. The number of methoxy groups -OCH3 is 2. The Morgan fingerprint density at radius 2 is 1.94 bits per heavy atom. The van der Waals surface area contributed by atoms with E-state index in [1.165, 1.54) is 14.2 Å². The standard InChI is InChI=1S/C11H10BrClO4/c1-16-10(14)8-6(4-3-5-7(8)13)9(12)11(15)17-2/h3-5,9H,1-2H3. The molecule has 0 saturated carbocycles. The van der Waals surface area contributed by atoms with Crippen molar-refractivity contribution in [3.05, 3.63) is 34.3 Å². The lowest BCUT2D eigenvalue weighted by molar-refractivity contribution is -0.139. The second-order valence-electron chi connectivity index (χ2n) is 3.08. The van der Waals surface area contributed by atoms with Crippen molar-refractivity contribution in [1.29, 1.82) is 0 Å². The zero-order chi connectivity index (χ0) is 13.0. The van der Waals surface area contributed by atoms with Gasteiger partial charge in [0.15, 0.2) is 0 Å². The highest BCUT2D eigenvalue weighted by atomic mass is 79.9. The summed E-state index contributed by atoms with van der Waals surface area (Å²) in [5, 5.41) is 0.225. The van der Waals surface area contributed by atoms with Gasteiger partial charge in [-0.1, -0.05) is 39.7 Å². The van der Waals surface area contributed by atoms with Crippen LogP contribution in [0.1, 0.15) is 20.7 Å². The summed E-state index contributed by atoms with van der Waals surface area (Å²) >= 11 is 9.07. The van der Waals surface area contributed by atoms with Gasteiger partial charge in [-0.2, -0.15) is 0 Å². The molecule has 0 aliphatic rings. The number of carbonyl (C=O) groups is 2. The average molecular weight is 322 g/mol. The lowest BCUT2D eigenvalue weighted by Crippen LogP contribution is -2.14. The number of ether oxygens (including phenoxy) is 2. The van der Waals surface area contributed by atoms with Crippen LogP contribution in [0.4, 0.5) is 0 Å². The minimum Gasteiger partial charge on any atom is -0.468 e. The van der Waals surface area contributed by atoms with Crippen LogP contribution in [0.2, 0.25) is 5.02 Å². The maximum absolute atomic E-state index is 11.6. The maximum atomic E-state index is 11.6. The SMILES string of the molecule is COC(=O)c1c(Cl)cccc1C(Br)C(=O)OC. The Morgan fingerprint density at radius 3 is 2.47 bits per heavy atom. The molecule has 92 valence electrons. The molecule has 17 heavy (non-hydrogen) atoms. The van der Waals surface area contributed by atoms with E-state index in [-0.39, 0.29) is 10.6 Å². The fourth-order valence-electron chi connectivity index (χ4n) is 1.30. The zero-order valence-corrected chi connectivity index (χ0v) is 11.5. The van der Waals surface area contributed by atoms with Crippen molar-refractivity contribution in [2.75, 3.05) is 14.2 Å². The zero-order valence-electron chi connectivity index (χ0n) is 9.20. The molecule has 4 nitrogen and oxygen atoms in total. The van der Waals surface area contributed by atoms with Crippen molar-refractivity contribution in [3.63, 3.8) is 0 Å². The molecule has 0 heterocycles. The Kier molecular flexibility index (Phi) is 4.96. The number of hydrogen-bond acceptors (Lipinski definition) is 4. The fourth-order valence-corrected chi connectivity index (χ4v) is 2.13. The van der Waals surface area contributed by atoms with E-state index in [4.69, 9.17) is 11.6 Å². The predicted molar refractivity (Wildman–Crippen MR) is 66.5 cm³/mol. The first-order chi connectivity index (χ1) is 8.02. The van der Waals surface area contributed by atoms with Crippen LogP contribution in [0, 0.1) is 0 Å². The van der Waals surface area contributed by atoms with Crippen LogP contribution < -0.4 is 0 Å². The minimum absolute atomic E-state index is 0.156. The second kappa shape index (κ2) is 6.02. The van der Waals surface area contributed by atoms with Crippen LogP contribution in [-0.2, 0) is 14.3 Å². The Bertz CT molecular complexity index is 447. The van der Waals surface area contributed by atoms with Gasteiger partial charge in [0.25, 0.3) is 0 Å². The lowest BCUT2D eigenvalue weighted by atomic mass is 10.0. The van der Waals surface area contributed by atoms with Gasteiger partial charge in [-0.05, 0) is 11.6 Å². The highest BCUT2D eigenvalue weighted by Gasteiger charge is 2.25. The van der Waals surface area contributed by atoms with E-state index in [1.807, 2.05) is 0 Å². The van der Waals surface area contributed by atoms with Crippen molar-refractivity contribution in [3.8, 4) is 0 Å². The quantitative estimate of drug-likeness (QED) is 0.634. The third-order valence-electron chi connectivity index (χ3n) is 2.12. The van der Waals surface area contributed by atoms with Gasteiger partial charge in [0, 0.05) is 0 Å². The summed E-state index contributed by atoms with van der Waals surface area (Å²) in [6, 6.07) is 4.80. The molecule has 0 aliphatic carbocycles. The largest absolute Gasteiger partial charge is 0.468 e. The van der Waals surface area contributed by atoms with Gasteiger partial charge in [-0.3, -0.25) is 4.79 Å². The molecule has 1 atom stereocenters. The van der Waals surface area contributed by atoms with E-state index in [2.05, 4.69) is 25.4 Å². The summed E-state index contributed by atoms with van der Waals surface area (Å²) in [6.45, 7) is 0. The molecule has 0 N–H and O–H groups in total. The molecule has 0 spiro atoms. The summed E-state index contributed by atoms with van der Waals surface area (Å²) in [5.41, 5.74) is 0.570. The molecule has 1 rings (SSSR count). The fraction of sp³-hybridized carbons (Fsp3) is 0.273. The van der Waals surface area contributed by atoms with E-state index in [1.54, 1.807) is 18.2 Å². The van der Waals surface area contributed by atoms with Crippen LogP contribution in [0.25, 0.3) is 0 Å². The van der Waals surface area contributed by atoms with Crippen molar-refractivity contribution in [2.45, 2.75) is 4.83 Å². The van der Waals surface area contributed by atoms with Gasteiger partial charge >= 0.3 is 11.9 Å². The van der Waals surface area contributed by atoms with Gasteiger partial charge in [-0.15, -0.1) is 0 Å². The third-order valence-corrected chi connectivity index (χ3v) is 3.30. The number of esters is 2. The molecular weight excluding hydrogens is 311 g/mol. The summed E-state index contributed by atoms with van der Waals surface area (Å²) in [5.74, 6) is -1.11. The van der Waals surface area contributed by atoms with Gasteiger partial charge in [0.05, 0.1) is 24.8 Å². The predicted octanol–water partition coefficient (Wildman–Crippen LogP) is 2.74. The van der Waals surface area contributed by atoms with Crippen LogP contribution in [0.3, 0.4) is 0 Å². The molecule has 0 radical (unpaired) electrons. The van der Waals surface area contributed by atoms with Crippen molar-refractivity contribution >= 4 is 39.5 Å². The normalized spacial score (nSPS) is 11.8. The molecular formula is C11H10BrClO4. The Hall–Kier alpha value is -1.07. The third kappa shape index (κ3) is 2.98. The number of carbonyl (C=O) groups excluding carboxylic acids is 2. The van der Waals surface area contributed by atoms with Gasteiger partial charge < -0.3 is 9.47 Å². The Morgan fingerprint density at radius 1 is 1.29 bits per heavy atom. The summed E-state index contributed by atoms with van der Waals surface area (Å²) in [4.78, 5) is 22.2. The molecule has 1 unspecified atom stereocenters. The summed E-state index contributed by atoms with van der Waals surface area (Å²) in [7, 11) is 2.51. The molecule has 0 aromatic heterocycles. The molecule has 0 saturated heterocycles. The van der Waals surface area contributed by atoms with Gasteiger partial charge in [0.2, 0.25) is 0 Å². The van der Waals surface area contributed by atoms with E-state index in [0.29, 0.717) is 5.56 Å². The number of hydrogen-bond donors (Lipinski definition) is 0. The Balaban J connectivity index is 3.28. The molecule has 0 bridgehead atoms. The first-order valence-electron chi connectivity index (χ1n) is 4.61. The minimum atomic E-state index is -0.764. The maximum Gasteiger partial charge on any atom is 0.339 e. The summed E-state index contributed by atoms with van der Waals surface area (Å²) < 4.78 is 9.22. The van der Waals surface area contributed by atoms with E-state index in [9.17, 15) is 9.59 Å². The number of rotatable bonds is 3. The summed E-state index contributed by atoms with van der Waals surface area (Å²) in [6.07, 6.45) is 0. The van der Waals surface area contributed by atoms with E-state index in [0.717, 1.165) is 0 Å². The lowest BCUT2D eigenvalue weighted by Gasteiger charge is -2.13. The van der Waals surface area contributed by atoms with E-state index < -0.39 is 16.8 Å².